The Morgan fingerprint density at radius 2 is 1.86 bits per heavy atom. The maximum Gasteiger partial charge on any atom is 0.222 e. The predicted octanol–water partition coefficient (Wildman–Crippen LogP) is 4.01. The quantitative estimate of drug-likeness (QED) is 0.790. The number of halogens is 1. The fourth-order valence-corrected chi connectivity index (χ4v) is 2.34. The van der Waals surface area contributed by atoms with Crippen LogP contribution in [0, 0.1) is 10.5 Å². The molecule has 114 valence electrons. The number of rotatable bonds is 4. The summed E-state index contributed by atoms with van der Waals surface area (Å²) in [6, 6.07) is 8.02. The van der Waals surface area contributed by atoms with E-state index in [0.29, 0.717) is 0 Å². The van der Waals surface area contributed by atoms with Gasteiger partial charge in [0.25, 0.3) is 0 Å². The topological polar surface area (TPSA) is 39.1 Å². The zero-order chi connectivity index (χ0) is 15.6. The van der Waals surface area contributed by atoms with Gasteiger partial charge in [-0.2, -0.15) is 5.10 Å². The second kappa shape index (κ2) is 6.36. The summed E-state index contributed by atoms with van der Waals surface area (Å²) in [5.41, 5.74) is 2.16. The Morgan fingerprint density at radius 1 is 1.24 bits per heavy atom. The maximum atomic E-state index is 6.04. The molecular formula is C16H22IN3O. The molecule has 0 amide bonds. The molecule has 0 radical (unpaired) electrons. The summed E-state index contributed by atoms with van der Waals surface area (Å²) in [4.78, 5) is 0. The second-order valence-electron chi connectivity index (χ2n) is 6.15. The van der Waals surface area contributed by atoms with Gasteiger partial charge in [0.05, 0.1) is 11.3 Å². The Balaban J connectivity index is 2.24. The van der Waals surface area contributed by atoms with Crippen LogP contribution in [0.3, 0.4) is 0 Å². The highest BCUT2D eigenvalue weighted by Crippen LogP contribution is 2.28. The normalized spacial score (nSPS) is 11.7. The van der Waals surface area contributed by atoms with Gasteiger partial charge < -0.3 is 10.1 Å². The van der Waals surface area contributed by atoms with Crippen molar-refractivity contribution in [1.29, 1.82) is 0 Å². The minimum Gasteiger partial charge on any atom is -0.439 e. The van der Waals surface area contributed by atoms with Gasteiger partial charge in [0.2, 0.25) is 5.88 Å². The van der Waals surface area contributed by atoms with E-state index in [4.69, 9.17) is 4.74 Å². The molecule has 2 aromatic rings. The Morgan fingerprint density at radius 3 is 2.43 bits per heavy atom. The summed E-state index contributed by atoms with van der Waals surface area (Å²) in [5.74, 6) is 1.63. The SMILES string of the molecule is Cc1nn(C)c(Oc2ccc(I)cc2)c1CNC(C)(C)C. The van der Waals surface area contributed by atoms with Gasteiger partial charge >= 0.3 is 0 Å². The van der Waals surface area contributed by atoms with Gasteiger partial charge in [-0.15, -0.1) is 0 Å². The van der Waals surface area contributed by atoms with Crippen molar-refractivity contribution < 1.29 is 4.74 Å². The Bertz CT molecular complexity index is 612. The summed E-state index contributed by atoms with van der Waals surface area (Å²) in [6.07, 6.45) is 0. The average molecular weight is 399 g/mol. The predicted molar refractivity (Wildman–Crippen MR) is 93.8 cm³/mol. The molecule has 0 aliphatic heterocycles. The van der Waals surface area contributed by atoms with Crippen LogP contribution in [-0.2, 0) is 13.6 Å². The standard InChI is InChI=1S/C16H22IN3O/c1-11-14(10-18-16(2,3)4)15(20(5)19-11)21-13-8-6-12(17)7-9-13/h6-9,18H,10H2,1-5H3. The zero-order valence-electron chi connectivity index (χ0n) is 13.2. The van der Waals surface area contributed by atoms with Crippen LogP contribution in [0.5, 0.6) is 11.6 Å². The van der Waals surface area contributed by atoms with Crippen LogP contribution in [0.2, 0.25) is 0 Å². The fraction of sp³-hybridized carbons (Fsp3) is 0.438. The molecule has 0 unspecified atom stereocenters. The van der Waals surface area contributed by atoms with Crippen LogP contribution in [0.4, 0.5) is 0 Å². The summed E-state index contributed by atoms with van der Waals surface area (Å²) in [6.45, 7) is 9.21. The molecule has 2 rings (SSSR count). The smallest absolute Gasteiger partial charge is 0.222 e. The first-order valence-corrected chi connectivity index (χ1v) is 8.05. The van der Waals surface area contributed by atoms with E-state index in [9.17, 15) is 0 Å². The Hall–Kier alpha value is -1.08. The lowest BCUT2D eigenvalue weighted by Gasteiger charge is -2.20. The van der Waals surface area contributed by atoms with Gasteiger partial charge in [0, 0.05) is 22.7 Å². The van der Waals surface area contributed by atoms with E-state index in [1.807, 2.05) is 38.2 Å². The number of hydrogen-bond acceptors (Lipinski definition) is 3. The van der Waals surface area contributed by atoms with Crippen molar-refractivity contribution in [3.05, 3.63) is 39.1 Å². The molecule has 0 aliphatic rings. The van der Waals surface area contributed by atoms with E-state index in [2.05, 4.69) is 53.8 Å². The first kappa shape index (κ1) is 16.3. The van der Waals surface area contributed by atoms with E-state index >= 15 is 0 Å². The van der Waals surface area contributed by atoms with Gasteiger partial charge in [-0.1, -0.05) is 0 Å². The molecule has 1 N–H and O–H groups in total. The molecule has 1 heterocycles. The van der Waals surface area contributed by atoms with Crippen LogP contribution < -0.4 is 10.1 Å². The van der Waals surface area contributed by atoms with E-state index < -0.39 is 0 Å². The fourth-order valence-electron chi connectivity index (χ4n) is 1.98. The van der Waals surface area contributed by atoms with Gasteiger partial charge in [-0.05, 0) is 74.6 Å². The third-order valence-electron chi connectivity index (χ3n) is 3.11. The van der Waals surface area contributed by atoms with Crippen LogP contribution in [-0.4, -0.2) is 15.3 Å². The van der Waals surface area contributed by atoms with Gasteiger partial charge in [0.1, 0.15) is 5.75 Å². The van der Waals surface area contributed by atoms with Crippen LogP contribution >= 0.6 is 22.6 Å². The number of nitrogens with one attached hydrogen (secondary N) is 1. The third-order valence-corrected chi connectivity index (χ3v) is 3.83. The van der Waals surface area contributed by atoms with E-state index in [1.54, 1.807) is 4.68 Å². The molecule has 4 nitrogen and oxygen atoms in total. The number of benzene rings is 1. The molecule has 0 atom stereocenters. The summed E-state index contributed by atoms with van der Waals surface area (Å²) < 4.78 is 9.03. The van der Waals surface area contributed by atoms with Crippen molar-refractivity contribution in [3.8, 4) is 11.6 Å². The summed E-state index contributed by atoms with van der Waals surface area (Å²) in [5, 5.41) is 7.97. The lowest BCUT2D eigenvalue weighted by atomic mass is 10.1. The Kier molecular flexibility index (Phi) is 4.93. The van der Waals surface area contributed by atoms with Crippen molar-refractivity contribution in [2.45, 2.75) is 39.8 Å². The summed E-state index contributed by atoms with van der Waals surface area (Å²) in [7, 11) is 1.91. The van der Waals surface area contributed by atoms with Crippen molar-refractivity contribution in [2.24, 2.45) is 7.05 Å². The molecule has 1 aromatic carbocycles. The second-order valence-corrected chi connectivity index (χ2v) is 7.40. The largest absolute Gasteiger partial charge is 0.439 e. The lowest BCUT2D eigenvalue weighted by molar-refractivity contribution is 0.401. The minimum atomic E-state index is 0.0579. The molecule has 0 fully saturated rings. The Labute approximate surface area is 140 Å². The van der Waals surface area contributed by atoms with Crippen LogP contribution in [0.25, 0.3) is 0 Å². The molecular weight excluding hydrogens is 377 g/mol. The van der Waals surface area contributed by atoms with Gasteiger partial charge in [-0.25, -0.2) is 4.68 Å². The number of ether oxygens (including phenoxy) is 1. The summed E-state index contributed by atoms with van der Waals surface area (Å²) >= 11 is 2.28. The van der Waals surface area contributed by atoms with Gasteiger partial charge in [-0.3, -0.25) is 0 Å². The number of hydrogen-bond donors (Lipinski definition) is 1. The van der Waals surface area contributed by atoms with E-state index in [1.165, 1.54) is 3.57 Å². The van der Waals surface area contributed by atoms with Crippen molar-refractivity contribution in [1.82, 2.24) is 15.1 Å². The van der Waals surface area contributed by atoms with Crippen molar-refractivity contribution >= 4 is 22.6 Å². The third kappa shape index (κ3) is 4.44. The lowest BCUT2D eigenvalue weighted by Crippen LogP contribution is -2.35. The average Bonchev–Trinajstić information content (AvgIpc) is 2.64. The minimum absolute atomic E-state index is 0.0579. The molecule has 21 heavy (non-hydrogen) atoms. The molecule has 1 aromatic heterocycles. The first-order valence-electron chi connectivity index (χ1n) is 6.97. The molecule has 0 saturated carbocycles. The molecule has 0 saturated heterocycles. The molecule has 0 spiro atoms. The molecule has 5 heteroatoms. The highest BCUT2D eigenvalue weighted by Gasteiger charge is 2.18. The van der Waals surface area contributed by atoms with Crippen LogP contribution in [0.1, 0.15) is 32.0 Å². The highest BCUT2D eigenvalue weighted by atomic mass is 127. The molecule has 0 aliphatic carbocycles. The number of nitrogens with zero attached hydrogens (tertiary/aromatic N) is 2. The first-order chi connectivity index (χ1) is 9.76. The zero-order valence-corrected chi connectivity index (χ0v) is 15.4. The monoisotopic (exact) mass is 399 g/mol. The number of aromatic nitrogens is 2. The molecule has 0 bridgehead atoms. The number of aryl methyl sites for hydroxylation is 2. The van der Waals surface area contributed by atoms with Crippen molar-refractivity contribution in [2.75, 3.05) is 0 Å². The van der Waals surface area contributed by atoms with E-state index in [-0.39, 0.29) is 5.54 Å². The van der Waals surface area contributed by atoms with Crippen molar-refractivity contribution in [3.63, 3.8) is 0 Å². The van der Waals surface area contributed by atoms with Crippen LogP contribution in [0.15, 0.2) is 24.3 Å². The van der Waals surface area contributed by atoms with Gasteiger partial charge in [0.15, 0.2) is 0 Å². The van der Waals surface area contributed by atoms with E-state index in [0.717, 1.165) is 29.4 Å². The highest BCUT2D eigenvalue weighted by molar-refractivity contribution is 14.1. The maximum absolute atomic E-state index is 6.04.